The molecule has 32 valence electrons. The Kier molecular flexibility index (Phi) is 0.770. The predicted octanol–water partition coefficient (Wildman–Crippen LogP) is 1.95. The summed E-state index contributed by atoms with van der Waals surface area (Å²) in [5.41, 5.74) is 0. The van der Waals surface area contributed by atoms with Gasteiger partial charge in [-0.05, 0) is 0 Å². The largest absolute Gasteiger partial charge is 0.0697 e. The average molecular weight is 89.2 g/mol. The van der Waals surface area contributed by atoms with Crippen LogP contribution in [-0.2, 0) is 0 Å². The van der Waals surface area contributed by atoms with Gasteiger partial charge in [-0.1, -0.05) is 26.2 Å². The molecule has 0 spiro atoms. The lowest BCUT2D eigenvalue weighted by Gasteiger charge is -2.01. The highest BCUT2D eigenvalue weighted by Crippen LogP contribution is 1.94. The Hall–Kier alpha value is 0.217. The number of hydrogen-bond donors (Lipinski definition) is 0. The molecule has 0 aromatic rings. The lowest BCUT2D eigenvalue weighted by atomic mass is 11.8. The minimum Gasteiger partial charge on any atom is -0.0697 e. The average Bonchev–Trinajstić information content (AvgIpc) is 1.35. The molecule has 0 rings (SSSR count). The molecule has 0 saturated carbocycles. The molecule has 0 atom stereocenters. The van der Waals surface area contributed by atoms with Crippen LogP contribution in [0.4, 0.5) is 0 Å². The highest BCUT2D eigenvalue weighted by molar-refractivity contribution is 6.74. The first-order valence-corrected chi connectivity index (χ1v) is 5.56. The molecule has 0 unspecified atom stereocenters. The van der Waals surface area contributed by atoms with Crippen molar-refractivity contribution in [3.8, 4) is 0 Å². The van der Waals surface area contributed by atoms with Crippen molar-refractivity contribution in [2.24, 2.45) is 0 Å². The summed E-state index contributed by atoms with van der Waals surface area (Å²) in [5.74, 6) is 0. The van der Waals surface area contributed by atoms with Crippen LogP contribution in [-0.4, -0.2) is 8.07 Å². The van der Waals surface area contributed by atoms with Crippen molar-refractivity contribution in [1.29, 1.82) is 0 Å². The van der Waals surface area contributed by atoms with Gasteiger partial charge >= 0.3 is 0 Å². The van der Waals surface area contributed by atoms with Gasteiger partial charge in [0.15, 0.2) is 0 Å². The van der Waals surface area contributed by atoms with Crippen molar-refractivity contribution in [2.45, 2.75) is 26.2 Å². The molecule has 1 heteroatoms. The first-order chi connectivity index (χ1) is 2.56. The van der Waals surface area contributed by atoms with Crippen LogP contribution in [0, 0.1) is 0 Å². The summed E-state index contributed by atoms with van der Waals surface area (Å²) in [6.07, 6.45) is 0. The molecular formula is C4H12Si. The fourth-order valence-electron chi connectivity index (χ4n) is 0. The molecule has 0 aliphatic rings. The van der Waals surface area contributed by atoms with E-state index < -0.39 is 8.07 Å². The molecule has 0 amide bonds. The van der Waals surface area contributed by atoms with Gasteiger partial charge in [0.2, 0.25) is 0 Å². The van der Waals surface area contributed by atoms with E-state index in [4.69, 9.17) is 1.37 Å². The summed E-state index contributed by atoms with van der Waals surface area (Å²) in [4.78, 5) is 0. The molecule has 0 saturated heterocycles. The van der Waals surface area contributed by atoms with E-state index in [9.17, 15) is 0 Å². The first-order valence-electron chi connectivity index (χ1n) is 2.56. The van der Waals surface area contributed by atoms with E-state index in [0.717, 1.165) is 0 Å². The Morgan fingerprint density at radius 1 is 1.40 bits per heavy atom. The van der Waals surface area contributed by atoms with Gasteiger partial charge < -0.3 is 0 Å². The normalized spacial score (nSPS) is 14.6. The summed E-state index contributed by atoms with van der Waals surface area (Å²) in [6, 6.07) is 0. The maximum Gasteiger partial charge on any atom is 0.0411 e. The molecule has 0 aliphatic heterocycles. The lowest BCUT2D eigenvalue weighted by molar-refractivity contribution is 1.71. The SMILES string of the molecule is [2H]C[Si](C)(C)C. The molecular weight excluding hydrogens is 76.1 g/mol. The topological polar surface area (TPSA) is 0 Å². The standard InChI is InChI=1S/C4H12Si/c1-5(2,3)4/h1-4H3/i1D. The van der Waals surface area contributed by atoms with Gasteiger partial charge in [-0.15, -0.1) is 0 Å². The Bertz CT molecular complexity index is 37.3. The highest BCUT2D eigenvalue weighted by Gasteiger charge is 1.99. The van der Waals surface area contributed by atoms with Crippen molar-refractivity contribution in [3.05, 3.63) is 0 Å². The van der Waals surface area contributed by atoms with Gasteiger partial charge in [0.05, 0.1) is 0 Å². The zero-order valence-corrected chi connectivity index (χ0v) is 5.21. The quantitative estimate of drug-likeness (QED) is 0.398. The maximum atomic E-state index is 6.92. The van der Waals surface area contributed by atoms with E-state index >= 15 is 0 Å². The van der Waals surface area contributed by atoms with Crippen LogP contribution in [0.2, 0.25) is 26.2 Å². The summed E-state index contributed by atoms with van der Waals surface area (Å²) in [7, 11) is -0.965. The fourth-order valence-corrected chi connectivity index (χ4v) is 0. The second kappa shape index (κ2) is 1.13. The fraction of sp³-hybridized carbons (Fsp3) is 1.00. The maximum absolute atomic E-state index is 6.92. The third-order valence-electron chi connectivity index (χ3n) is 0. The Morgan fingerprint density at radius 2 is 1.60 bits per heavy atom. The van der Waals surface area contributed by atoms with Crippen LogP contribution in [0.25, 0.3) is 0 Å². The van der Waals surface area contributed by atoms with Crippen molar-refractivity contribution in [3.63, 3.8) is 0 Å². The van der Waals surface area contributed by atoms with Gasteiger partial charge in [0.25, 0.3) is 0 Å². The van der Waals surface area contributed by atoms with E-state index in [-0.39, 0.29) is 0 Å². The van der Waals surface area contributed by atoms with Gasteiger partial charge in [-0.25, -0.2) is 0 Å². The van der Waals surface area contributed by atoms with Gasteiger partial charge in [-0.2, -0.15) is 0 Å². The van der Waals surface area contributed by atoms with Crippen LogP contribution < -0.4 is 0 Å². The first kappa shape index (κ1) is 3.41. The molecule has 5 heavy (non-hydrogen) atoms. The zero-order chi connectivity index (χ0) is 5.21. The summed E-state index contributed by atoms with van der Waals surface area (Å²) < 4.78 is 6.92. The van der Waals surface area contributed by atoms with Crippen LogP contribution in [0.1, 0.15) is 1.37 Å². The van der Waals surface area contributed by atoms with E-state index in [1.807, 2.05) is 0 Å². The highest BCUT2D eigenvalue weighted by atomic mass is 28.3. The molecule has 0 heterocycles. The van der Waals surface area contributed by atoms with E-state index in [1.165, 1.54) is 0 Å². The minimum absolute atomic E-state index is 0.660. The summed E-state index contributed by atoms with van der Waals surface area (Å²) >= 11 is 0. The minimum atomic E-state index is -0.965. The van der Waals surface area contributed by atoms with Gasteiger partial charge in [-0.3, -0.25) is 0 Å². The predicted molar refractivity (Wildman–Crippen MR) is 29.2 cm³/mol. The molecule has 0 bridgehead atoms. The third kappa shape index (κ3) is 441. The zero-order valence-electron chi connectivity index (χ0n) is 5.21. The molecule has 0 aromatic heterocycles. The third-order valence-corrected chi connectivity index (χ3v) is 0. The van der Waals surface area contributed by atoms with Gasteiger partial charge in [0, 0.05) is 9.44 Å². The molecule has 0 radical (unpaired) electrons. The molecule has 0 aromatic carbocycles. The summed E-state index contributed by atoms with van der Waals surface area (Å²) in [6.45, 7) is 7.24. The van der Waals surface area contributed by atoms with Crippen molar-refractivity contribution < 1.29 is 1.37 Å². The smallest absolute Gasteiger partial charge is 0.0411 e. The van der Waals surface area contributed by atoms with Crippen molar-refractivity contribution in [2.75, 3.05) is 0 Å². The molecule has 0 fully saturated rings. The van der Waals surface area contributed by atoms with Crippen molar-refractivity contribution >= 4 is 8.07 Å². The second-order valence-electron chi connectivity index (χ2n) is 2.56. The monoisotopic (exact) mass is 89.1 g/mol. The second-order valence-corrected chi connectivity index (χ2v) is 7.68. The van der Waals surface area contributed by atoms with Crippen LogP contribution in [0.5, 0.6) is 0 Å². The molecule has 0 aliphatic carbocycles. The Balaban J connectivity index is 3.17. The van der Waals surface area contributed by atoms with E-state index in [1.54, 1.807) is 0 Å². The lowest BCUT2D eigenvalue weighted by Crippen LogP contribution is -2.10. The Morgan fingerprint density at radius 3 is 1.60 bits per heavy atom. The van der Waals surface area contributed by atoms with Crippen LogP contribution in [0.3, 0.4) is 0 Å². The Labute approximate surface area is 36.6 Å². The molecule has 0 N–H and O–H groups in total. The van der Waals surface area contributed by atoms with Crippen molar-refractivity contribution in [1.82, 2.24) is 0 Å². The van der Waals surface area contributed by atoms with E-state index in [2.05, 4.69) is 19.6 Å². The van der Waals surface area contributed by atoms with E-state index in [0.29, 0.717) is 6.52 Å². The van der Waals surface area contributed by atoms with Crippen LogP contribution in [0.15, 0.2) is 0 Å². The van der Waals surface area contributed by atoms with Gasteiger partial charge in [0.1, 0.15) is 0 Å². The summed E-state index contributed by atoms with van der Waals surface area (Å²) in [5, 5.41) is 0. The number of rotatable bonds is 0. The van der Waals surface area contributed by atoms with Crippen LogP contribution >= 0.6 is 0 Å². The number of hydrogen-bond acceptors (Lipinski definition) is 0. The molecule has 0 nitrogen and oxygen atoms in total.